The van der Waals surface area contributed by atoms with Crippen molar-refractivity contribution in [2.24, 2.45) is 0 Å². The average molecular weight is 480 g/mol. The van der Waals surface area contributed by atoms with Gasteiger partial charge in [-0.1, -0.05) is 31.5 Å². The molecule has 1 aliphatic heterocycles. The van der Waals surface area contributed by atoms with E-state index in [1.807, 2.05) is 44.2 Å². The predicted octanol–water partition coefficient (Wildman–Crippen LogP) is 5.86. The van der Waals surface area contributed by atoms with Gasteiger partial charge >= 0.3 is 0 Å². The molecule has 1 fully saturated rings. The fourth-order valence-electron chi connectivity index (χ4n) is 4.61. The fraction of sp³-hybridized carbons (Fsp3) is 0.444. The second-order valence-electron chi connectivity index (χ2n) is 8.80. The second kappa shape index (κ2) is 11.2. The number of piperidine rings is 1. The molecule has 0 saturated carbocycles. The summed E-state index contributed by atoms with van der Waals surface area (Å²) in [5, 5.41) is 11.0. The van der Waals surface area contributed by atoms with Gasteiger partial charge < -0.3 is 14.0 Å². The smallest absolute Gasteiger partial charge is 0.129 e. The Labute approximate surface area is 204 Å². The third kappa shape index (κ3) is 5.35. The molecular weight excluding hydrogens is 446 g/mol. The molecule has 2 heterocycles. The van der Waals surface area contributed by atoms with E-state index in [1.54, 1.807) is 0 Å². The van der Waals surface area contributed by atoms with Gasteiger partial charge in [0.2, 0.25) is 0 Å². The minimum absolute atomic E-state index is 0.334. The topological polar surface area (TPSA) is 67.5 Å². The van der Waals surface area contributed by atoms with Crippen molar-refractivity contribution in [1.82, 2.24) is 8.87 Å². The highest BCUT2D eigenvalue weighted by atomic mass is 32.2. The van der Waals surface area contributed by atoms with Crippen LogP contribution in [0.15, 0.2) is 42.6 Å². The van der Waals surface area contributed by atoms with Gasteiger partial charge in [-0.05, 0) is 55.9 Å². The van der Waals surface area contributed by atoms with Crippen LogP contribution >= 0.6 is 0 Å². The number of benzene rings is 2. The molecule has 6 nitrogen and oxygen atoms in total. The highest BCUT2D eigenvalue weighted by Gasteiger charge is 2.27. The highest BCUT2D eigenvalue weighted by Crippen LogP contribution is 2.38. The van der Waals surface area contributed by atoms with Crippen LogP contribution in [0.2, 0.25) is 0 Å². The van der Waals surface area contributed by atoms with Crippen LogP contribution < -0.4 is 4.74 Å². The van der Waals surface area contributed by atoms with E-state index < -0.39 is 11.0 Å². The summed E-state index contributed by atoms with van der Waals surface area (Å²) in [5.74, 6) is 2.40. The maximum atomic E-state index is 12.3. The molecule has 0 N–H and O–H groups in total. The minimum Gasteiger partial charge on any atom is -0.457 e. The minimum atomic E-state index is -0.900. The molecule has 2 aromatic carbocycles. The molecule has 34 heavy (non-hydrogen) atoms. The van der Waals surface area contributed by atoms with Crippen LogP contribution in [0.1, 0.15) is 55.7 Å². The summed E-state index contributed by atoms with van der Waals surface area (Å²) in [5.41, 5.74) is 3.85. The lowest BCUT2D eigenvalue weighted by Gasteiger charge is -2.30. The summed E-state index contributed by atoms with van der Waals surface area (Å²) < 4.78 is 28.4. The quantitative estimate of drug-likeness (QED) is 0.361. The number of hydrogen-bond donors (Lipinski definition) is 0. The lowest BCUT2D eigenvalue weighted by atomic mass is 9.89. The molecule has 0 spiro atoms. The van der Waals surface area contributed by atoms with Gasteiger partial charge in [0.25, 0.3) is 0 Å². The van der Waals surface area contributed by atoms with Crippen molar-refractivity contribution in [2.45, 2.75) is 52.7 Å². The van der Waals surface area contributed by atoms with E-state index in [1.165, 1.54) is 11.1 Å². The summed E-state index contributed by atoms with van der Waals surface area (Å²) in [6.45, 7) is 8.81. The van der Waals surface area contributed by atoms with Crippen LogP contribution in [-0.4, -0.2) is 38.5 Å². The lowest BCUT2D eigenvalue weighted by molar-refractivity contribution is 0.0802. The molecular formula is C27H33N3O3S. The van der Waals surface area contributed by atoms with Crippen LogP contribution in [0.25, 0.3) is 10.9 Å². The molecule has 1 aliphatic rings. The van der Waals surface area contributed by atoms with Crippen molar-refractivity contribution < 1.29 is 13.7 Å². The summed E-state index contributed by atoms with van der Waals surface area (Å²) in [6, 6.07) is 14.2. The molecule has 1 atom stereocenters. The van der Waals surface area contributed by atoms with Crippen LogP contribution in [0.4, 0.5) is 0 Å². The number of aromatic nitrogens is 1. The van der Waals surface area contributed by atoms with Gasteiger partial charge in [0.1, 0.15) is 24.3 Å². The van der Waals surface area contributed by atoms with E-state index in [0.29, 0.717) is 36.3 Å². The summed E-state index contributed by atoms with van der Waals surface area (Å²) in [4.78, 5) is 0. The Bertz CT molecular complexity index is 1190. The van der Waals surface area contributed by atoms with Gasteiger partial charge in [0.05, 0.1) is 22.1 Å². The first-order valence-corrected chi connectivity index (χ1v) is 13.3. The van der Waals surface area contributed by atoms with E-state index in [9.17, 15) is 9.47 Å². The molecule has 4 rings (SSSR count). The Morgan fingerprint density at radius 2 is 1.85 bits per heavy atom. The van der Waals surface area contributed by atoms with Gasteiger partial charge in [0, 0.05) is 43.1 Å². The van der Waals surface area contributed by atoms with E-state index in [4.69, 9.17) is 9.47 Å². The molecule has 1 aromatic heterocycles. The molecule has 180 valence electrons. The standard InChI is InChI=1S/C27H33N3O3S/c1-4-14-32-19-29-18-26(21-10-12-30(13-11-21)34(31)5-2)25-16-24(15-22(17-28)27(25)29)33-23-8-6-20(3)7-9-23/h6-9,15-16,18,21H,4-5,10-14,19H2,1-3H3. The molecule has 0 amide bonds. The number of nitrogens with zero attached hydrogens (tertiary/aromatic N) is 3. The third-order valence-corrected chi connectivity index (χ3v) is 7.80. The Balaban J connectivity index is 1.72. The predicted molar refractivity (Wildman–Crippen MR) is 136 cm³/mol. The van der Waals surface area contributed by atoms with Crippen molar-refractivity contribution in [3.8, 4) is 17.6 Å². The van der Waals surface area contributed by atoms with Crippen molar-refractivity contribution >= 4 is 21.9 Å². The van der Waals surface area contributed by atoms with Crippen LogP contribution in [-0.2, 0) is 22.5 Å². The van der Waals surface area contributed by atoms with Crippen LogP contribution in [0.3, 0.4) is 0 Å². The number of fused-ring (bicyclic) bond motifs is 1. The van der Waals surface area contributed by atoms with E-state index in [-0.39, 0.29) is 0 Å². The third-order valence-electron chi connectivity index (χ3n) is 6.36. The molecule has 7 heteroatoms. The number of hydrogen-bond acceptors (Lipinski definition) is 4. The van der Waals surface area contributed by atoms with Crippen molar-refractivity contribution in [3.05, 3.63) is 59.3 Å². The lowest BCUT2D eigenvalue weighted by Crippen LogP contribution is -2.35. The van der Waals surface area contributed by atoms with E-state index in [2.05, 4.69) is 34.1 Å². The molecule has 3 aromatic rings. The second-order valence-corrected chi connectivity index (χ2v) is 10.5. The Hall–Kier alpha value is -2.66. The Morgan fingerprint density at radius 3 is 2.50 bits per heavy atom. The molecule has 0 radical (unpaired) electrons. The number of rotatable bonds is 9. The van der Waals surface area contributed by atoms with Crippen molar-refractivity contribution in [2.75, 3.05) is 25.4 Å². The first-order chi connectivity index (χ1) is 16.5. The Morgan fingerprint density at radius 1 is 1.12 bits per heavy atom. The fourth-order valence-corrected chi connectivity index (χ4v) is 5.60. The van der Waals surface area contributed by atoms with Gasteiger partial charge in [-0.25, -0.2) is 8.51 Å². The average Bonchev–Trinajstić information content (AvgIpc) is 3.23. The summed E-state index contributed by atoms with van der Waals surface area (Å²) in [7, 11) is -0.900. The molecule has 1 unspecified atom stereocenters. The molecule has 1 saturated heterocycles. The number of nitriles is 1. The van der Waals surface area contributed by atoms with E-state index >= 15 is 0 Å². The first kappa shape index (κ1) is 24.5. The van der Waals surface area contributed by atoms with Gasteiger partial charge in [-0.2, -0.15) is 5.26 Å². The molecule has 0 aliphatic carbocycles. The Kier molecular flexibility index (Phi) is 8.04. The normalized spacial score (nSPS) is 15.9. The van der Waals surface area contributed by atoms with Crippen LogP contribution in [0, 0.1) is 18.3 Å². The zero-order chi connectivity index (χ0) is 24.1. The zero-order valence-electron chi connectivity index (χ0n) is 20.3. The number of ether oxygens (including phenoxy) is 2. The monoisotopic (exact) mass is 479 g/mol. The van der Waals surface area contributed by atoms with Gasteiger partial charge in [0.15, 0.2) is 0 Å². The van der Waals surface area contributed by atoms with Crippen molar-refractivity contribution in [1.29, 1.82) is 5.26 Å². The summed E-state index contributed by atoms with van der Waals surface area (Å²) in [6.07, 6.45) is 4.96. The maximum absolute atomic E-state index is 12.3. The zero-order valence-corrected chi connectivity index (χ0v) is 21.1. The molecule has 0 bridgehead atoms. The highest BCUT2D eigenvalue weighted by molar-refractivity contribution is 7.82. The van der Waals surface area contributed by atoms with Gasteiger partial charge in [-0.15, -0.1) is 0 Å². The first-order valence-electron chi connectivity index (χ1n) is 12.1. The van der Waals surface area contributed by atoms with E-state index in [0.717, 1.165) is 49.0 Å². The maximum Gasteiger partial charge on any atom is 0.129 e. The summed E-state index contributed by atoms with van der Waals surface area (Å²) >= 11 is 0. The van der Waals surface area contributed by atoms with Gasteiger partial charge in [-0.3, -0.25) is 0 Å². The number of aryl methyl sites for hydroxylation is 1. The van der Waals surface area contributed by atoms with Crippen molar-refractivity contribution in [3.63, 3.8) is 0 Å². The largest absolute Gasteiger partial charge is 0.457 e. The van der Waals surface area contributed by atoms with Crippen LogP contribution in [0.5, 0.6) is 11.5 Å². The SMILES string of the molecule is CCCOCn1cc(C2CCN(S(=O)CC)CC2)c2cc(Oc3ccc(C)cc3)cc(C#N)c21.